The van der Waals surface area contributed by atoms with E-state index < -0.39 is 5.97 Å². The molecule has 0 saturated carbocycles. The van der Waals surface area contributed by atoms with Gasteiger partial charge in [-0.2, -0.15) is 0 Å². The van der Waals surface area contributed by atoms with E-state index in [1.165, 1.54) is 25.6 Å². The summed E-state index contributed by atoms with van der Waals surface area (Å²) in [5.74, 6) is 0.612. The number of hydrogen-bond acceptors (Lipinski definition) is 7. The molecule has 2 heterocycles. The summed E-state index contributed by atoms with van der Waals surface area (Å²) in [6.07, 6.45) is 0. The van der Waals surface area contributed by atoms with Gasteiger partial charge in [0.25, 0.3) is 5.56 Å². The Kier molecular flexibility index (Phi) is 4.48. The summed E-state index contributed by atoms with van der Waals surface area (Å²) >= 11 is 1.31. The molecule has 24 heavy (non-hydrogen) atoms. The second-order valence-electron chi connectivity index (χ2n) is 4.79. The number of hydrogen-bond donors (Lipinski definition) is 1. The minimum atomic E-state index is -0.581. The molecule has 124 valence electrons. The minimum Gasteiger partial charge on any atom is -0.497 e. The van der Waals surface area contributed by atoms with Gasteiger partial charge in [-0.3, -0.25) is 4.79 Å². The number of esters is 1. The van der Waals surface area contributed by atoms with Gasteiger partial charge in [0.05, 0.1) is 19.7 Å². The zero-order chi connectivity index (χ0) is 17.1. The maximum Gasteiger partial charge on any atom is 0.342 e. The third kappa shape index (κ3) is 3.09. The van der Waals surface area contributed by atoms with E-state index in [4.69, 9.17) is 14.2 Å². The number of nitrogens with zero attached hydrogens (tertiary/aromatic N) is 1. The molecule has 0 aliphatic carbocycles. The van der Waals surface area contributed by atoms with Crippen molar-refractivity contribution in [3.05, 3.63) is 51.4 Å². The zero-order valence-electron chi connectivity index (χ0n) is 13.0. The van der Waals surface area contributed by atoms with Crippen LogP contribution in [0.1, 0.15) is 16.2 Å². The van der Waals surface area contributed by atoms with Crippen molar-refractivity contribution in [1.82, 2.24) is 9.97 Å². The van der Waals surface area contributed by atoms with Crippen LogP contribution in [0.15, 0.2) is 34.4 Å². The zero-order valence-corrected chi connectivity index (χ0v) is 13.8. The third-order valence-electron chi connectivity index (χ3n) is 3.33. The number of aromatic amines is 1. The smallest absolute Gasteiger partial charge is 0.342 e. The number of methoxy groups -OCH3 is 2. The number of benzene rings is 1. The van der Waals surface area contributed by atoms with Crippen molar-refractivity contribution in [3.8, 4) is 11.5 Å². The van der Waals surface area contributed by atoms with Crippen molar-refractivity contribution in [2.75, 3.05) is 14.2 Å². The van der Waals surface area contributed by atoms with E-state index in [0.717, 1.165) is 0 Å². The number of carbonyl (C=O) groups excluding carboxylic acids is 1. The van der Waals surface area contributed by atoms with Gasteiger partial charge in [-0.25, -0.2) is 9.78 Å². The predicted molar refractivity (Wildman–Crippen MR) is 88.9 cm³/mol. The number of carbonyl (C=O) groups is 1. The van der Waals surface area contributed by atoms with E-state index in [-0.39, 0.29) is 23.6 Å². The lowest BCUT2D eigenvalue weighted by Crippen LogP contribution is -2.14. The summed E-state index contributed by atoms with van der Waals surface area (Å²) < 4.78 is 16.0. The van der Waals surface area contributed by atoms with E-state index in [9.17, 15) is 9.59 Å². The number of H-pyrrole nitrogens is 1. The van der Waals surface area contributed by atoms with Crippen LogP contribution in [-0.2, 0) is 11.3 Å². The highest BCUT2D eigenvalue weighted by Crippen LogP contribution is 2.25. The summed E-state index contributed by atoms with van der Waals surface area (Å²) in [5, 5.41) is 1.78. The first kappa shape index (κ1) is 16.0. The molecule has 1 aromatic carbocycles. The van der Waals surface area contributed by atoms with Crippen molar-refractivity contribution in [1.29, 1.82) is 0 Å². The number of fused-ring (bicyclic) bond motifs is 1. The Balaban J connectivity index is 1.78. The fraction of sp³-hybridized carbons (Fsp3) is 0.188. The molecule has 0 amide bonds. The summed E-state index contributed by atoms with van der Waals surface area (Å²) in [7, 11) is 2.98. The first-order valence-corrected chi connectivity index (χ1v) is 7.86. The first-order valence-electron chi connectivity index (χ1n) is 6.98. The van der Waals surface area contributed by atoms with Gasteiger partial charge in [0.15, 0.2) is 0 Å². The molecule has 2 aromatic heterocycles. The summed E-state index contributed by atoms with van der Waals surface area (Å²) in [6.45, 7) is -0.144. The van der Waals surface area contributed by atoms with Gasteiger partial charge in [-0.1, -0.05) is 0 Å². The van der Waals surface area contributed by atoms with Gasteiger partial charge in [-0.15, -0.1) is 11.3 Å². The molecule has 0 atom stereocenters. The highest BCUT2D eigenvalue weighted by molar-refractivity contribution is 7.17. The largest absolute Gasteiger partial charge is 0.497 e. The third-order valence-corrected chi connectivity index (χ3v) is 4.23. The molecule has 0 aliphatic rings. The van der Waals surface area contributed by atoms with Crippen molar-refractivity contribution in [2.24, 2.45) is 0 Å². The van der Waals surface area contributed by atoms with Gasteiger partial charge in [0.2, 0.25) is 0 Å². The molecule has 8 heteroatoms. The van der Waals surface area contributed by atoms with E-state index in [0.29, 0.717) is 21.7 Å². The van der Waals surface area contributed by atoms with Crippen LogP contribution in [0.4, 0.5) is 0 Å². The Labute approximate surface area is 140 Å². The molecule has 3 aromatic rings. The van der Waals surface area contributed by atoms with Gasteiger partial charge in [0, 0.05) is 6.07 Å². The fourth-order valence-electron chi connectivity index (χ4n) is 2.17. The van der Waals surface area contributed by atoms with Gasteiger partial charge < -0.3 is 19.2 Å². The van der Waals surface area contributed by atoms with Gasteiger partial charge in [0.1, 0.15) is 34.2 Å². The monoisotopic (exact) mass is 346 g/mol. The predicted octanol–water partition coefficient (Wildman–Crippen LogP) is 2.36. The molecule has 0 saturated heterocycles. The molecule has 0 spiro atoms. The Morgan fingerprint density at radius 2 is 2.08 bits per heavy atom. The number of thiophene rings is 1. The minimum absolute atomic E-state index is 0.144. The van der Waals surface area contributed by atoms with E-state index in [1.54, 1.807) is 29.6 Å². The SMILES string of the molecule is COc1ccc(C(=O)OCc2nc3ccsc3c(=O)[nH]2)c(OC)c1. The Hall–Kier alpha value is -2.87. The Morgan fingerprint density at radius 1 is 1.25 bits per heavy atom. The molecule has 0 aliphatic heterocycles. The normalized spacial score (nSPS) is 10.6. The molecule has 0 unspecified atom stereocenters. The van der Waals surface area contributed by atoms with E-state index in [1.807, 2.05) is 0 Å². The highest BCUT2D eigenvalue weighted by Gasteiger charge is 2.16. The Morgan fingerprint density at radius 3 is 2.83 bits per heavy atom. The molecule has 3 rings (SSSR count). The van der Waals surface area contributed by atoms with Crippen LogP contribution in [0.25, 0.3) is 10.2 Å². The van der Waals surface area contributed by atoms with Crippen LogP contribution < -0.4 is 15.0 Å². The quantitative estimate of drug-likeness (QED) is 0.713. The number of rotatable bonds is 5. The topological polar surface area (TPSA) is 90.5 Å². The van der Waals surface area contributed by atoms with E-state index >= 15 is 0 Å². The summed E-state index contributed by atoms with van der Waals surface area (Å²) in [4.78, 5) is 31.0. The average Bonchev–Trinajstić information content (AvgIpc) is 3.08. The summed E-state index contributed by atoms with van der Waals surface area (Å²) in [5.41, 5.74) is 0.595. The van der Waals surface area contributed by atoms with Gasteiger partial charge >= 0.3 is 5.97 Å². The van der Waals surface area contributed by atoms with Crippen molar-refractivity contribution in [3.63, 3.8) is 0 Å². The van der Waals surface area contributed by atoms with Crippen LogP contribution >= 0.6 is 11.3 Å². The van der Waals surface area contributed by atoms with Crippen molar-refractivity contribution in [2.45, 2.75) is 6.61 Å². The molecule has 0 fully saturated rings. The average molecular weight is 346 g/mol. The number of aromatic nitrogens is 2. The lowest BCUT2D eigenvalue weighted by atomic mass is 10.2. The first-order chi connectivity index (χ1) is 11.6. The molecular formula is C16H14N2O5S. The number of nitrogens with one attached hydrogen (secondary N) is 1. The van der Waals surface area contributed by atoms with Crippen LogP contribution in [-0.4, -0.2) is 30.2 Å². The lowest BCUT2D eigenvalue weighted by molar-refractivity contribution is 0.0458. The standard InChI is InChI=1S/C16H14N2O5S/c1-21-9-3-4-10(12(7-9)22-2)16(20)23-8-13-17-11-5-6-24-14(11)15(19)18-13/h3-7H,8H2,1-2H3,(H,17,18,19). The number of ether oxygens (including phenoxy) is 3. The summed E-state index contributed by atoms with van der Waals surface area (Å²) in [6, 6.07) is 6.52. The van der Waals surface area contributed by atoms with Crippen molar-refractivity contribution >= 4 is 27.5 Å². The maximum atomic E-state index is 12.2. The van der Waals surface area contributed by atoms with E-state index in [2.05, 4.69) is 9.97 Å². The molecule has 0 radical (unpaired) electrons. The lowest BCUT2D eigenvalue weighted by Gasteiger charge is -2.10. The maximum absolute atomic E-state index is 12.2. The molecule has 7 nitrogen and oxygen atoms in total. The van der Waals surface area contributed by atoms with Gasteiger partial charge in [-0.05, 0) is 23.6 Å². The molecular weight excluding hydrogens is 332 g/mol. The highest BCUT2D eigenvalue weighted by atomic mass is 32.1. The van der Waals surface area contributed by atoms with Crippen molar-refractivity contribution < 1.29 is 19.0 Å². The van der Waals surface area contributed by atoms with Crippen LogP contribution in [0, 0.1) is 0 Å². The second kappa shape index (κ2) is 6.71. The molecule has 1 N–H and O–H groups in total. The van der Waals surface area contributed by atoms with Crippen LogP contribution in [0.2, 0.25) is 0 Å². The van der Waals surface area contributed by atoms with Crippen LogP contribution in [0.5, 0.6) is 11.5 Å². The second-order valence-corrected chi connectivity index (χ2v) is 5.71. The Bertz CT molecular complexity index is 947. The van der Waals surface area contributed by atoms with Crippen LogP contribution in [0.3, 0.4) is 0 Å². The fourth-order valence-corrected chi connectivity index (χ4v) is 2.89. The molecule has 0 bridgehead atoms.